The molecule has 3 rings (SSSR count). The van der Waals surface area contributed by atoms with Crippen molar-refractivity contribution in [3.8, 4) is 0 Å². The summed E-state index contributed by atoms with van der Waals surface area (Å²) in [6, 6.07) is 18.2. The average Bonchev–Trinajstić information content (AvgIpc) is 2.72. The molecule has 0 aromatic heterocycles. The van der Waals surface area contributed by atoms with Crippen LogP contribution in [0.1, 0.15) is 27.0 Å². The van der Waals surface area contributed by atoms with Gasteiger partial charge in [0, 0.05) is 11.6 Å². The fourth-order valence-electron chi connectivity index (χ4n) is 2.88. The quantitative estimate of drug-likeness (QED) is 0.337. The summed E-state index contributed by atoms with van der Waals surface area (Å²) < 4.78 is 13.0. The van der Waals surface area contributed by atoms with Crippen LogP contribution in [-0.4, -0.2) is 11.7 Å². The molecule has 0 radical (unpaired) electrons. The Morgan fingerprint density at radius 2 is 1.53 bits per heavy atom. The van der Waals surface area contributed by atoms with Gasteiger partial charge in [-0.1, -0.05) is 30.3 Å². The van der Waals surface area contributed by atoms with Crippen LogP contribution in [0.3, 0.4) is 0 Å². The molecule has 150 valence electrons. The lowest BCUT2D eigenvalue weighted by Gasteiger charge is -2.05. The summed E-state index contributed by atoms with van der Waals surface area (Å²) in [4.78, 5) is 24.4. The van der Waals surface area contributed by atoms with Crippen LogP contribution in [0, 0.1) is 12.7 Å². The summed E-state index contributed by atoms with van der Waals surface area (Å²) >= 11 is 0. The first kappa shape index (κ1) is 20.7. The minimum Gasteiger partial charge on any atom is -0.397 e. The number of nitrogen functional groups attached to an aromatic ring is 1. The molecule has 0 aliphatic carbocycles. The molecule has 3 aromatic rings. The number of nitrogens with two attached hydrogens (primary N) is 1. The van der Waals surface area contributed by atoms with E-state index in [4.69, 9.17) is 5.73 Å². The number of ketones is 1. The zero-order chi connectivity index (χ0) is 21.5. The molecule has 0 saturated heterocycles. The van der Waals surface area contributed by atoms with Gasteiger partial charge in [-0.15, -0.1) is 0 Å². The number of anilines is 2. The van der Waals surface area contributed by atoms with E-state index in [-0.39, 0.29) is 17.5 Å². The van der Waals surface area contributed by atoms with Crippen molar-refractivity contribution >= 4 is 35.2 Å². The van der Waals surface area contributed by atoms with Gasteiger partial charge >= 0.3 is 0 Å². The van der Waals surface area contributed by atoms with Gasteiger partial charge in [-0.3, -0.25) is 9.59 Å². The molecule has 0 heterocycles. The maximum absolute atomic E-state index is 13.0. The van der Waals surface area contributed by atoms with Crippen LogP contribution in [0.15, 0.2) is 78.9 Å². The Hall–Kier alpha value is -3.99. The summed E-state index contributed by atoms with van der Waals surface area (Å²) in [5.74, 6) is -0.893. The van der Waals surface area contributed by atoms with Gasteiger partial charge in [-0.25, -0.2) is 4.39 Å². The highest BCUT2D eigenvalue weighted by atomic mass is 19.1. The second kappa shape index (κ2) is 9.47. The zero-order valence-electron chi connectivity index (χ0n) is 16.4. The minimum atomic E-state index is -0.385. The fourth-order valence-corrected chi connectivity index (χ4v) is 2.88. The third-order valence-electron chi connectivity index (χ3n) is 4.32. The standard InChI is InChI=1S/C25H21FN2O2/c1-17-14-18(6-12-24(29)20-8-10-21(26)11-9-20)16-19(15-17)7-13-25(30)28-23-5-3-2-4-22(23)27/h2-16H,27H2,1H3,(H,28,30)/b12-6+,13-7+. The van der Waals surface area contributed by atoms with E-state index in [2.05, 4.69) is 5.32 Å². The van der Waals surface area contributed by atoms with Crippen LogP contribution < -0.4 is 11.1 Å². The number of carbonyl (C=O) groups is 2. The van der Waals surface area contributed by atoms with Crippen LogP contribution >= 0.6 is 0 Å². The summed E-state index contributed by atoms with van der Waals surface area (Å²) in [6.07, 6.45) is 6.26. The van der Waals surface area contributed by atoms with E-state index in [0.29, 0.717) is 16.9 Å². The number of aryl methyl sites for hydroxylation is 1. The van der Waals surface area contributed by atoms with Crippen molar-refractivity contribution in [1.29, 1.82) is 0 Å². The zero-order valence-corrected chi connectivity index (χ0v) is 16.4. The predicted octanol–water partition coefficient (Wildman–Crippen LogP) is 5.26. The molecule has 3 N–H and O–H groups in total. The van der Waals surface area contributed by atoms with E-state index < -0.39 is 0 Å². The van der Waals surface area contributed by atoms with Crippen LogP contribution in [0.2, 0.25) is 0 Å². The van der Waals surface area contributed by atoms with Crippen molar-refractivity contribution in [2.45, 2.75) is 6.92 Å². The summed E-state index contributed by atoms with van der Waals surface area (Å²) in [6.45, 7) is 1.93. The van der Waals surface area contributed by atoms with Crippen molar-refractivity contribution in [2.24, 2.45) is 0 Å². The molecule has 0 aliphatic heterocycles. The largest absolute Gasteiger partial charge is 0.397 e. The third-order valence-corrected chi connectivity index (χ3v) is 4.32. The normalized spacial score (nSPS) is 11.1. The van der Waals surface area contributed by atoms with E-state index in [1.54, 1.807) is 36.4 Å². The Kier molecular flexibility index (Phi) is 6.55. The lowest BCUT2D eigenvalue weighted by Crippen LogP contribution is -2.09. The van der Waals surface area contributed by atoms with E-state index in [1.807, 2.05) is 25.1 Å². The van der Waals surface area contributed by atoms with Crippen molar-refractivity contribution in [3.63, 3.8) is 0 Å². The summed E-state index contributed by atoms with van der Waals surface area (Å²) in [5.41, 5.74) is 9.91. The Morgan fingerprint density at radius 3 is 2.20 bits per heavy atom. The molecule has 0 unspecified atom stereocenters. The van der Waals surface area contributed by atoms with Gasteiger partial charge in [0.2, 0.25) is 5.91 Å². The predicted molar refractivity (Wildman–Crippen MR) is 119 cm³/mol. The van der Waals surface area contributed by atoms with E-state index in [0.717, 1.165) is 16.7 Å². The van der Waals surface area contributed by atoms with Crippen LogP contribution in [0.25, 0.3) is 12.2 Å². The van der Waals surface area contributed by atoms with Gasteiger partial charge in [-0.05, 0) is 78.2 Å². The first-order valence-electron chi connectivity index (χ1n) is 9.34. The van der Waals surface area contributed by atoms with Crippen LogP contribution in [0.5, 0.6) is 0 Å². The molecule has 4 nitrogen and oxygen atoms in total. The van der Waals surface area contributed by atoms with E-state index in [1.165, 1.54) is 36.4 Å². The molecule has 5 heteroatoms. The van der Waals surface area contributed by atoms with Crippen molar-refractivity contribution in [2.75, 3.05) is 11.1 Å². The molecular formula is C25H21FN2O2. The molecule has 3 aromatic carbocycles. The van der Waals surface area contributed by atoms with Gasteiger partial charge in [0.05, 0.1) is 11.4 Å². The van der Waals surface area contributed by atoms with Gasteiger partial charge in [0.15, 0.2) is 5.78 Å². The number of rotatable bonds is 6. The topological polar surface area (TPSA) is 72.2 Å². The number of amides is 1. The van der Waals surface area contributed by atoms with Gasteiger partial charge in [0.25, 0.3) is 0 Å². The number of carbonyl (C=O) groups excluding carboxylic acids is 2. The third kappa shape index (κ3) is 5.75. The molecule has 0 spiro atoms. The number of hydrogen-bond acceptors (Lipinski definition) is 3. The maximum Gasteiger partial charge on any atom is 0.248 e. The van der Waals surface area contributed by atoms with E-state index in [9.17, 15) is 14.0 Å². The van der Waals surface area contributed by atoms with E-state index >= 15 is 0 Å². The monoisotopic (exact) mass is 400 g/mol. The van der Waals surface area contributed by atoms with Gasteiger partial charge in [0.1, 0.15) is 5.82 Å². The fraction of sp³-hybridized carbons (Fsp3) is 0.0400. The lowest BCUT2D eigenvalue weighted by atomic mass is 10.0. The van der Waals surface area contributed by atoms with Crippen LogP contribution in [-0.2, 0) is 4.79 Å². The molecule has 0 saturated carbocycles. The number of benzene rings is 3. The molecular weight excluding hydrogens is 379 g/mol. The first-order valence-corrected chi connectivity index (χ1v) is 9.34. The minimum absolute atomic E-state index is 0.214. The Bertz CT molecular complexity index is 1130. The molecule has 30 heavy (non-hydrogen) atoms. The summed E-state index contributed by atoms with van der Waals surface area (Å²) in [7, 11) is 0. The second-order valence-electron chi connectivity index (χ2n) is 6.79. The number of para-hydroxylation sites is 2. The maximum atomic E-state index is 13.0. The highest BCUT2D eigenvalue weighted by Crippen LogP contribution is 2.17. The van der Waals surface area contributed by atoms with Gasteiger partial charge in [-0.2, -0.15) is 0 Å². The molecule has 0 fully saturated rings. The Balaban J connectivity index is 1.70. The number of allylic oxidation sites excluding steroid dienone is 1. The smallest absolute Gasteiger partial charge is 0.248 e. The highest BCUT2D eigenvalue weighted by Gasteiger charge is 2.03. The van der Waals surface area contributed by atoms with Gasteiger partial charge < -0.3 is 11.1 Å². The highest BCUT2D eigenvalue weighted by molar-refractivity contribution is 6.07. The number of halogens is 1. The SMILES string of the molecule is Cc1cc(/C=C/C(=O)Nc2ccccc2N)cc(/C=C/C(=O)c2ccc(F)cc2)c1. The molecule has 0 bridgehead atoms. The first-order chi connectivity index (χ1) is 14.4. The average molecular weight is 400 g/mol. The summed E-state index contributed by atoms with van der Waals surface area (Å²) in [5, 5.41) is 2.74. The molecule has 0 atom stereocenters. The number of nitrogens with one attached hydrogen (secondary N) is 1. The molecule has 0 aliphatic rings. The Morgan fingerprint density at radius 1 is 0.900 bits per heavy atom. The lowest BCUT2D eigenvalue weighted by molar-refractivity contribution is -0.111. The van der Waals surface area contributed by atoms with Crippen molar-refractivity contribution in [1.82, 2.24) is 0 Å². The second-order valence-corrected chi connectivity index (χ2v) is 6.79. The Labute approximate surface area is 174 Å². The molecule has 1 amide bonds. The van der Waals surface area contributed by atoms with Crippen molar-refractivity contribution < 1.29 is 14.0 Å². The van der Waals surface area contributed by atoms with Crippen molar-refractivity contribution in [3.05, 3.63) is 107 Å². The number of hydrogen-bond donors (Lipinski definition) is 2. The van der Waals surface area contributed by atoms with Crippen LogP contribution in [0.4, 0.5) is 15.8 Å².